The fourth-order valence-corrected chi connectivity index (χ4v) is 2.44. The number of hydrogen-bond donors (Lipinski definition) is 1. The average Bonchev–Trinajstić information content (AvgIpc) is 2.90. The molecule has 0 aliphatic heterocycles. The molecule has 0 saturated heterocycles. The highest BCUT2D eigenvalue weighted by atomic mass is 35.5. The SMILES string of the molecule is CCCN(Cc1cccc(Cl)c1)C(=O)NCc1cnn(C)c1. The number of hydrogen-bond acceptors (Lipinski definition) is 2. The molecule has 22 heavy (non-hydrogen) atoms. The van der Waals surface area contributed by atoms with Gasteiger partial charge in [0.2, 0.25) is 0 Å². The van der Waals surface area contributed by atoms with Gasteiger partial charge in [0.05, 0.1) is 6.20 Å². The van der Waals surface area contributed by atoms with Crippen molar-refractivity contribution in [2.45, 2.75) is 26.4 Å². The van der Waals surface area contributed by atoms with Gasteiger partial charge in [-0.1, -0.05) is 30.7 Å². The number of benzene rings is 1. The third-order valence-electron chi connectivity index (χ3n) is 3.25. The van der Waals surface area contributed by atoms with Crippen LogP contribution in [0.4, 0.5) is 4.79 Å². The summed E-state index contributed by atoms with van der Waals surface area (Å²) in [4.78, 5) is 14.2. The molecule has 1 aromatic carbocycles. The van der Waals surface area contributed by atoms with E-state index in [2.05, 4.69) is 17.3 Å². The van der Waals surface area contributed by atoms with E-state index in [0.717, 1.165) is 17.5 Å². The van der Waals surface area contributed by atoms with Crippen LogP contribution in [0, 0.1) is 0 Å². The van der Waals surface area contributed by atoms with Crippen molar-refractivity contribution in [2.24, 2.45) is 7.05 Å². The maximum atomic E-state index is 12.4. The average molecular weight is 321 g/mol. The molecule has 2 amide bonds. The van der Waals surface area contributed by atoms with Crippen LogP contribution in [0.25, 0.3) is 0 Å². The van der Waals surface area contributed by atoms with Crippen molar-refractivity contribution >= 4 is 17.6 Å². The van der Waals surface area contributed by atoms with Crippen molar-refractivity contribution in [3.8, 4) is 0 Å². The van der Waals surface area contributed by atoms with E-state index in [1.54, 1.807) is 15.8 Å². The first-order valence-corrected chi connectivity index (χ1v) is 7.71. The predicted molar refractivity (Wildman–Crippen MR) is 87.6 cm³/mol. The first-order chi connectivity index (χ1) is 10.6. The van der Waals surface area contributed by atoms with Crippen molar-refractivity contribution in [3.05, 3.63) is 52.8 Å². The Balaban J connectivity index is 1.95. The Bertz CT molecular complexity index is 626. The van der Waals surface area contributed by atoms with Gasteiger partial charge in [0.25, 0.3) is 0 Å². The Morgan fingerprint density at radius 2 is 2.23 bits per heavy atom. The molecule has 2 aromatic rings. The van der Waals surface area contributed by atoms with Gasteiger partial charge in [-0.25, -0.2) is 4.79 Å². The summed E-state index contributed by atoms with van der Waals surface area (Å²) in [5.41, 5.74) is 2.01. The Hall–Kier alpha value is -2.01. The molecule has 0 spiro atoms. The normalized spacial score (nSPS) is 10.5. The smallest absolute Gasteiger partial charge is 0.317 e. The van der Waals surface area contributed by atoms with Crippen LogP contribution in [0.1, 0.15) is 24.5 Å². The van der Waals surface area contributed by atoms with Gasteiger partial charge in [-0.15, -0.1) is 0 Å². The molecule has 118 valence electrons. The Morgan fingerprint density at radius 1 is 1.41 bits per heavy atom. The van der Waals surface area contributed by atoms with E-state index in [1.165, 1.54) is 0 Å². The number of nitrogens with one attached hydrogen (secondary N) is 1. The van der Waals surface area contributed by atoms with Gasteiger partial charge in [-0.3, -0.25) is 4.68 Å². The number of amides is 2. The molecule has 6 heteroatoms. The number of carbonyl (C=O) groups excluding carboxylic acids is 1. The van der Waals surface area contributed by atoms with Gasteiger partial charge in [-0.2, -0.15) is 5.10 Å². The lowest BCUT2D eigenvalue weighted by molar-refractivity contribution is 0.194. The second kappa shape index (κ2) is 7.84. The number of nitrogens with zero attached hydrogens (tertiary/aromatic N) is 3. The van der Waals surface area contributed by atoms with Crippen molar-refractivity contribution in [2.75, 3.05) is 6.54 Å². The summed E-state index contributed by atoms with van der Waals surface area (Å²) >= 11 is 6.00. The minimum Gasteiger partial charge on any atom is -0.334 e. The molecular weight excluding hydrogens is 300 g/mol. The maximum Gasteiger partial charge on any atom is 0.317 e. The van der Waals surface area contributed by atoms with E-state index in [1.807, 2.05) is 37.5 Å². The van der Waals surface area contributed by atoms with Gasteiger partial charge in [0, 0.05) is 43.5 Å². The number of aryl methyl sites for hydroxylation is 1. The zero-order chi connectivity index (χ0) is 15.9. The zero-order valence-electron chi connectivity index (χ0n) is 12.9. The fraction of sp³-hybridized carbons (Fsp3) is 0.375. The summed E-state index contributed by atoms with van der Waals surface area (Å²) in [6.07, 6.45) is 4.55. The van der Waals surface area contributed by atoms with Crippen LogP contribution in [0.2, 0.25) is 5.02 Å². The standard InChI is InChI=1S/C16H21ClN4O/c1-3-7-21(12-13-5-4-6-15(17)8-13)16(22)18-9-14-10-19-20(2)11-14/h4-6,8,10-11H,3,7,9,12H2,1-2H3,(H,18,22). The third-order valence-corrected chi connectivity index (χ3v) is 3.48. The Kier molecular flexibility index (Phi) is 5.83. The molecule has 5 nitrogen and oxygen atoms in total. The highest BCUT2D eigenvalue weighted by Gasteiger charge is 2.13. The van der Waals surface area contributed by atoms with Gasteiger partial charge in [0.15, 0.2) is 0 Å². The first-order valence-electron chi connectivity index (χ1n) is 7.33. The van der Waals surface area contributed by atoms with Crippen LogP contribution >= 0.6 is 11.6 Å². The number of urea groups is 1. The number of rotatable bonds is 6. The van der Waals surface area contributed by atoms with Crippen molar-refractivity contribution < 1.29 is 4.79 Å². The van der Waals surface area contributed by atoms with E-state index >= 15 is 0 Å². The predicted octanol–water partition coefficient (Wildman–Crippen LogP) is 3.20. The van der Waals surface area contributed by atoms with Crippen molar-refractivity contribution in [3.63, 3.8) is 0 Å². The molecule has 0 unspecified atom stereocenters. The van der Waals surface area contributed by atoms with Gasteiger partial charge >= 0.3 is 6.03 Å². The quantitative estimate of drug-likeness (QED) is 0.888. The summed E-state index contributed by atoms with van der Waals surface area (Å²) in [5, 5.41) is 7.71. The molecule has 0 radical (unpaired) electrons. The summed E-state index contributed by atoms with van der Waals surface area (Å²) in [6, 6.07) is 7.51. The van der Waals surface area contributed by atoms with Crippen LogP contribution in [-0.4, -0.2) is 27.3 Å². The molecule has 0 aliphatic carbocycles. The lowest BCUT2D eigenvalue weighted by Crippen LogP contribution is -2.39. The largest absolute Gasteiger partial charge is 0.334 e. The molecular formula is C16H21ClN4O. The first kappa shape index (κ1) is 16.4. The number of aromatic nitrogens is 2. The van der Waals surface area contributed by atoms with E-state index in [-0.39, 0.29) is 6.03 Å². The molecule has 1 aromatic heterocycles. The van der Waals surface area contributed by atoms with E-state index in [9.17, 15) is 4.79 Å². The maximum absolute atomic E-state index is 12.4. The zero-order valence-corrected chi connectivity index (χ0v) is 13.7. The number of halogens is 1. The second-order valence-corrected chi connectivity index (χ2v) is 5.67. The summed E-state index contributed by atoms with van der Waals surface area (Å²) in [7, 11) is 1.86. The minimum absolute atomic E-state index is 0.0781. The Morgan fingerprint density at radius 3 is 2.86 bits per heavy atom. The fourth-order valence-electron chi connectivity index (χ4n) is 2.23. The number of carbonyl (C=O) groups is 1. The lowest BCUT2D eigenvalue weighted by atomic mass is 10.2. The summed E-state index contributed by atoms with van der Waals surface area (Å²) in [6.45, 7) is 3.78. The van der Waals surface area contributed by atoms with Crippen molar-refractivity contribution in [1.82, 2.24) is 20.0 Å². The van der Waals surface area contributed by atoms with Crippen LogP contribution in [-0.2, 0) is 20.1 Å². The molecule has 0 atom stereocenters. The van der Waals surface area contributed by atoms with E-state index in [0.29, 0.717) is 24.7 Å². The van der Waals surface area contributed by atoms with Crippen molar-refractivity contribution in [1.29, 1.82) is 0 Å². The molecule has 0 bridgehead atoms. The topological polar surface area (TPSA) is 50.2 Å². The highest BCUT2D eigenvalue weighted by Crippen LogP contribution is 2.13. The molecule has 0 aliphatic rings. The minimum atomic E-state index is -0.0781. The molecule has 1 N–H and O–H groups in total. The van der Waals surface area contributed by atoms with Gasteiger partial charge < -0.3 is 10.2 Å². The third kappa shape index (κ3) is 4.77. The highest BCUT2D eigenvalue weighted by molar-refractivity contribution is 6.30. The second-order valence-electron chi connectivity index (χ2n) is 5.23. The summed E-state index contributed by atoms with van der Waals surface area (Å²) < 4.78 is 1.72. The lowest BCUT2D eigenvalue weighted by Gasteiger charge is -2.22. The van der Waals surface area contributed by atoms with Crippen LogP contribution in [0.15, 0.2) is 36.7 Å². The van der Waals surface area contributed by atoms with Gasteiger partial charge in [0.1, 0.15) is 0 Å². The van der Waals surface area contributed by atoms with Crippen LogP contribution in [0.3, 0.4) is 0 Å². The van der Waals surface area contributed by atoms with Crippen LogP contribution < -0.4 is 5.32 Å². The molecule has 0 saturated carbocycles. The van der Waals surface area contributed by atoms with E-state index < -0.39 is 0 Å². The van der Waals surface area contributed by atoms with E-state index in [4.69, 9.17) is 11.6 Å². The van der Waals surface area contributed by atoms with Gasteiger partial charge in [-0.05, 0) is 24.1 Å². The monoisotopic (exact) mass is 320 g/mol. The summed E-state index contributed by atoms with van der Waals surface area (Å²) in [5.74, 6) is 0. The molecule has 2 rings (SSSR count). The van der Waals surface area contributed by atoms with Crippen LogP contribution in [0.5, 0.6) is 0 Å². The molecule has 1 heterocycles. The Labute approximate surface area is 135 Å². The molecule has 0 fully saturated rings.